The van der Waals surface area contributed by atoms with E-state index in [0.29, 0.717) is 0 Å². The summed E-state index contributed by atoms with van der Waals surface area (Å²) in [5, 5.41) is 10.2. The van der Waals surface area contributed by atoms with E-state index < -0.39 is 0 Å². The molecule has 0 atom stereocenters. The number of hydrogen-bond acceptors (Lipinski definition) is 0. The molecule has 9 aromatic carbocycles. The second kappa shape index (κ2) is 10.5. The Labute approximate surface area is 286 Å². The van der Waals surface area contributed by atoms with Crippen molar-refractivity contribution in [3.8, 4) is 44.5 Å². The van der Waals surface area contributed by atoms with Crippen molar-refractivity contribution in [3.05, 3.63) is 181 Å². The lowest BCUT2D eigenvalue weighted by atomic mass is 9.81. The van der Waals surface area contributed by atoms with Crippen molar-refractivity contribution in [2.75, 3.05) is 0 Å². The van der Waals surface area contributed by atoms with E-state index >= 15 is 0 Å². The zero-order valence-corrected chi connectivity index (χ0v) is 27.7. The van der Waals surface area contributed by atoms with E-state index in [0.717, 1.165) is 0 Å². The van der Waals surface area contributed by atoms with Crippen molar-refractivity contribution < 1.29 is 0 Å². The summed E-state index contributed by atoms with van der Waals surface area (Å²) in [5.74, 6) is 0. The van der Waals surface area contributed by atoms with Crippen molar-refractivity contribution in [1.29, 1.82) is 0 Å². The monoisotopic (exact) mass is 622 g/mol. The molecule has 0 nitrogen and oxygen atoms in total. The molecule has 0 heterocycles. The Morgan fingerprint density at radius 2 is 0.816 bits per heavy atom. The maximum absolute atomic E-state index is 2.46. The highest BCUT2D eigenvalue weighted by molar-refractivity contribution is 6.22. The van der Waals surface area contributed by atoms with Crippen LogP contribution in [-0.4, -0.2) is 0 Å². The van der Waals surface area contributed by atoms with E-state index in [2.05, 4.69) is 184 Å². The van der Waals surface area contributed by atoms with Gasteiger partial charge in [0.1, 0.15) is 0 Å². The zero-order chi connectivity index (χ0) is 32.7. The minimum Gasteiger partial charge on any atom is -0.0619 e. The molecule has 0 unspecified atom stereocenters. The molecular formula is C49H34. The number of fused-ring (bicyclic) bond motifs is 7. The SMILES string of the molecule is CC1(C)c2ccccc2-c2ccc(-c3cc(-c4c5ccccc5c(-c5ccc6ccccc6c5)c5ccccc45)cc4ccccc34)cc21. The van der Waals surface area contributed by atoms with Gasteiger partial charge < -0.3 is 0 Å². The lowest BCUT2D eigenvalue weighted by Crippen LogP contribution is -2.14. The van der Waals surface area contributed by atoms with Crippen molar-refractivity contribution in [2.45, 2.75) is 19.3 Å². The summed E-state index contributed by atoms with van der Waals surface area (Å²) >= 11 is 0. The number of hydrogen-bond donors (Lipinski definition) is 0. The van der Waals surface area contributed by atoms with Gasteiger partial charge in [-0.15, -0.1) is 0 Å². The van der Waals surface area contributed by atoms with Crippen LogP contribution in [0.15, 0.2) is 170 Å². The molecule has 0 heteroatoms. The van der Waals surface area contributed by atoms with Crippen LogP contribution in [0.1, 0.15) is 25.0 Å². The average molecular weight is 623 g/mol. The van der Waals surface area contributed by atoms with E-state index in [1.165, 1.54) is 98.7 Å². The van der Waals surface area contributed by atoms with Gasteiger partial charge >= 0.3 is 0 Å². The van der Waals surface area contributed by atoms with Gasteiger partial charge in [-0.2, -0.15) is 0 Å². The highest BCUT2D eigenvalue weighted by Gasteiger charge is 2.35. The number of rotatable bonds is 3. The van der Waals surface area contributed by atoms with Gasteiger partial charge in [0.25, 0.3) is 0 Å². The highest BCUT2D eigenvalue weighted by atomic mass is 14.4. The van der Waals surface area contributed by atoms with Crippen LogP contribution in [0.25, 0.3) is 87.6 Å². The van der Waals surface area contributed by atoms with Crippen LogP contribution < -0.4 is 0 Å². The molecular weight excluding hydrogens is 589 g/mol. The second-order valence-corrected chi connectivity index (χ2v) is 14.1. The fourth-order valence-electron chi connectivity index (χ4n) is 8.66. The van der Waals surface area contributed by atoms with Crippen LogP contribution in [0.2, 0.25) is 0 Å². The van der Waals surface area contributed by atoms with E-state index in [1.807, 2.05) is 0 Å². The summed E-state index contributed by atoms with van der Waals surface area (Å²) in [6, 6.07) is 63.3. The first-order valence-corrected chi connectivity index (χ1v) is 17.3. The third kappa shape index (κ3) is 4.17. The normalized spacial score (nSPS) is 13.3. The molecule has 1 aliphatic carbocycles. The molecule has 10 rings (SSSR count). The Balaban J connectivity index is 1.25. The van der Waals surface area contributed by atoms with Crippen molar-refractivity contribution in [1.82, 2.24) is 0 Å². The van der Waals surface area contributed by atoms with Gasteiger partial charge in [-0.1, -0.05) is 159 Å². The van der Waals surface area contributed by atoms with Gasteiger partial charge in [0.2, 0.25) is 0 Å². The third-order valence-electron chi connectivity index (χ3n) is 11.0. The van der Waals surface area contributed by atoms with E-state index in [1.54, 1.807) is 0 Å². The average Bonchev–Trinajstić information content (AvgIpc) is 3.38. The fourth-order valence-corrected chi connectivity index (χ4v) is 8.66. The first-order chi connectivity index (χ1) is 24.1. The van der Waals surface area contributed by atoms with E-state index in [-0.39, 0.29) is 5.41 Å². The van der Waals surface area contributed by atoms with Gasteiger partial charge in [-0.05, 0) is 123 Å². The molecule has 0 amide bonds. The largest absolute Gasteiger partial charge is 0.0619 e. The molecule has 0 fully saturated rings. The van der Waals surface area contributed by atoms with Crippen LogP contribution >= 0.6 is 0 Å². The van der Waals surface area contributed by atoms with Crippen molar-refractivity contribution in [3.63, 3.8) is 0 Å². The predicted molar refractivity (Wildman–Crippen MR) is 210 cm³/mol. The van der Waals surface area contributed by atoms with Crippen LogP contribution in [0.5, 0.6) is 0 Å². The fraction of sp³-hybridized carbons (Fsp3) is 0.0612. The Morgan fingerprint density at radius 1 is 0.306 bits per heavy atom. The van der Waals surface area contributed by atoms with Gasteiger partial charge in [-0.3, -0.25) is 0 Å². The van der Waals surface area contributed by atoms with Gasteiger partial charge in [0.05, 0.1) is 0 Å². The molecule has 0 saturated carbocycles. The molecule has 0 radical (unpaired) electrons. The lowest BCUT2D eigenvalue weighted by Gasteiger charge is -2.22. The Bertz CT molecular complexity index is 2740. The van der Waals surface area contributed by atoms with Gasteiger partial charge in [0, 0.05) is 5.41 Å². The summed E-state index contributed by atoms with van der Waals surface area (Å²) in [5.41, 5.74) is 13.1. The molecule has 49 heavy (non-hydrogen) atoms. The summed E-state index contributed by atoms with van der Waals surface area (Å²) < 4.78 is 0. The quantitative estimate of drug-likeness (QED) is 0.172. The lowest BCUT2D eigenvalue weighted by molar-refractivity contribution is 0.660. The van der Waals surface area contributed by atoms with E-state index in [9.17, 15) is 0 Å². The Kier molecular flexibility index (Phi) is 6.02. The maximum atomic E-state index is 2.46. The summed E-state index contributed by atoms with van der Waals surface area (Å²) in [6.45, 7) is 4.73. The summed E-state index contributed by atoms with van der Waals surface area (Å²) in [6.07, 6.45) is 0. The minimum absolute atomic E-state index is 0.0552. The molecule has 0 aliphatic heterocycles. The Morgan fingerprint density at radius 3 is 1.53 bits per heavy atom. The topological polar surface area (TPSA) is 0 Å². The van der Waals surface area contributed by atoms with E-state index in [4.69, 9.17) is 0 Å². The van der Waals surface area contributed by atoms with Crippen LogP contribution in [0.3, 0.4) is 0 Å². The van der Waals surface area contributed by atoms with Gasteiger partial charge in [0.15, 0.2) is 0 Å². The molecule has 230 valence electrons. The standard InChI is InChI=1S/C49H34/c1-49(2)45-22-12-11-17-38(45)39-26-25-34(30-46(39)49)44-29-36(28-33-15-5-6-16-37(33)44)48-42-20-9-7-18-40(42)47(41-19-8-10-21-43(41)48)35-24-23-31-13-3-4-14-32(31)27-35/h3-30H,1-2H3. The number of benzene rings is 9. The summed E-state index contributed by atoms with van der Waals surface area (Å²) in [7, 11) is 0. The molecule has 0 bridgehead atoms. The summed E-state index contributed by atoms with van der Waals surface area (Å²) in [4.78, 5) is 0. The van der Waals surface area contributed by atoms with Crippen molar-refractivity contribution in [2.24, 2.45) is 0 Å². The zero-order valence-electron chi connectivity index (χ0n) is 27.7. The molecule has 0 N–H and O–H groups in total. The molecule has 0 saturated heterocycles. The van der Waals surface area contributed by atoms with Crippen molar-refractivity contribution >= 4 is 43.1 Å². The molecule has 1 aliphatic rings. The molecule has 0 aromatic heterocycles. The van der Waals surface area contributed by atoms with Crippen LogP contribution in [-0.2, 0) is 5.41 Å². The smallest absolute Gasteiger partial charge is 0.0159 e. The van der Waals surface area contributed by atoms with Gasteiger partial charge in [-0.25, -0.2) is 0 Å². The first kappa shape index (κ1) is 28.1. The minimum atomic E-state index is -0.0552. The third-order valence-corrected chi connectivity index (χ3v) is 11.0. The molecule has 9 aromatic rings. The molecule has 0 spiro atoms. The first-order valence-electron chi connectivity index (χ1n) is 17.3. The predicted octanol–water partition coefficient (Wildman–Crippen LogP) is 13.6. The maximum Gasteiger partial charge on any atom is 0.0159 e. The van der Waals surface area contributed by atoms with Crippen LogP contribution in [0, 0.1) is 0 Å². The second-order valence-electron chi connectivity index (χ2n) is 14.1. The van der Waals surface area contributed by atoms with Crippen LogP contribution in [0.4, 0.5) is 0 Å². The highest BCUT2D eigenvalue weighted by Crippen LogP contribution is 2.51. The Hall–Kier alpha value is -5.98.